The molecule has 2 aliphatic heterocycles. The average Bonchev–Trinajstić information content (AvgIpc) is 3.44. The number of hydrogen-bond acceptors (Lipinski definition) is 6. The van der Waals surface area contributed by atoms with E-state index < -0.39 is 10.2 Å². The van der Waals surface area contributed by atoms with Crippen molar-refractivity contribution in [2.75, 3.05) is 26.2 Å². The van der Waals surface area contributed by atoms with Gasteiger partial charge in [0.1, 0.15) is 5.76 Å². The smallest absolute Gasteiger partial charge is 0.282 e. The van der Waals surface area contributed by atoms with Gasteiger partial charge in [-0.05, 0) is 38.5 Å². The molecule has 1 aliphatic carbocycles. The highest BCUT2D eigenvalue weighted by molar-refractivity contribution is 7.86. The quantitative estimate of drug-likeness (QED) is 0.692. The Morgan fingerprint density at radius 2 is 2.03 bits per heavy atom. The first-order valence-corrected chi connectivity index (χ1v) is 12.4. The summed E-state index contributed by atoms with van der Waals surface area (Å²) in [7, 11) is -3.55. The normalized spacial score (nSPS) is 29.3. The van der Waals surface area contributed by atoms with Crippen LogP contribution < -0.4 is 10.6 Å². The molecule has 168 valence electrons. The average molecular weight is 440 g/mol. The van der Waals surface area contributed by atoms with Crippen molar-refractivity contribution in [3.8, 4) is 0 Å². The number of nitrogens with one attached hydrogen (secondary N) is 2. The van der Waals surface area contributed by atoms with Gasteiger partial charge in [-0.2, -0.15) is 17.0 Å². The van der Waals surface area contributed by atoms with Crippen LogP contribution in [0.5, 0.6) is 0 Å². The molecule has 4 rings (SSSR count). The SMILES string of the molecule is CC(C)C1CNCCN1S(=O)(=O)N1CC[C@H](NC(=O)c2cc(C3CC3)on2)C[C@@H]1C. The zero-order chi connectivity index (χ0) is 21.5. The molecule has 2 saturated heterocycles. The maximum absolute atomic E-state index is 13.4. The Hall–Kier alpha value is -1.49. The second-order valence-corrected chi connectivity index (χ2v) is 11.0. The minimum absolute atomic E-state index is 0.0406. The van der Waals surface area contributed by atoms with Crippen molar-refractivity contribution in [3.63, 3.8) is 0 Å². The first kappa shape index (κ1) is 21.7. The molecule has 1 aromatic heterocycles. The molecular formula is C20H33N5O4S. The predicted molar refractivity (Wildman–Crippen MR) is 112 cm³/mol. The molecule has 3 aliphatic rings. The van der Waals surface area contributed by atoms with E-state index in [0.29, 0.717) is 50.6 Å². The molecule has 30 heavy (non-hydrogen) atoms. The Labute approximate surface area is 178 Å². The second-order valence-electron chi connectivity index (χ2n) is 9.18. The Kier molecular flexibility index (Phi) is 6.20. The van der Waals surface area contributed by atoms with Crippen molar-refractivity contribution < 1.29 is 17.7 Å². The number of carbonyl (C=O) groups is 1. The van der Waals surface area contributed by atoms with Crippen LogP contribution in [0, 0.1) is 5.92 Å². The van der Waals surface area contributed by atoms with Gasteiger partial charge in [-0.15, -0.1) is 0 Å². The van der Waals surface area contributed by atoms with Crippen LogP contribution in [0.25, 0.3) is 0 Å². The van der Waals surface area contributed by atoms with Gasteiger partial charge in [0.15, 0.2) is 5.69 Å². The molecule has 0 spiro atoms. The summed E-state index contributed by atoms with van der Waals surface area (Å²) in [6.07, 6.45) is 3.34. The zero-order valence-electron chi connectivity index (χ0n) is 18.0. The number of amides is 1. The van der Waals surface area contributed by atoms with E-state index in [0.717, 1.165) is 18.6 Å². The summed E-state index contributed by atoms with van der Waals surface area (Å²) >= 11 is 0. The number of carbonyl (C=O) groups excluding carboxylic acids is 1. The van der Waals surface area contributed by atoms with Gasteiger partial charge in [-0.3, -0.25) is 4.79 Å². The van der Waals surface area contributed by atoms with Crippen LogP contribution in [0.2, 0.25) is 0 Å². The van der Waals surface area contributed by atoms with E-state index in [9.17, 15) is 13.2 Å². The minimum atomic E-state index is -3.55. The van der Waals surface area contributed by atoms with Crippen molar-refractivity contribution in [3.05, 3.63) is 17.5 Å². The molecule has 2 N–H and O–H groups in total. The van der Waals surface area contributed by atoms with E-state index >= 15 is 0 Å². The third kappa shape index (κ3) is 4.42. The lowest BCUT2D eigenvalue weighted by Crippen LogP contribution is -2.61. The van der Waals surface area contributed by atoms with E-state index in [1.54, 1.807) is 14.7 Å². The van der Waals surface area contributed by atoms with Gasteiger partial charge >= 0.3 is 0 Å². The number of hydrogen-bond donors (Lipinski definition) is 2. The Bertz CT molecular complexity index is 866. The summed E-state index contributed by atoms with van der Waals surface area (Å²) in [4.78, 5) is 12.5. The van der Waals surface area contributed by atoms with Crippen LogP contribution in [0.15, 0.2) is 10.6 Å². The van der Waals surface area contributed by atoms with Crippen molar-refractivity contribution in [1.82, 2.24) is 24.4 Å². The van der Waals surface area contributed by atoms with Crippen LogP contribution in [-0.2, 0) is 10.2 Å². The van der Waals surface area contributed by atoms with Crippen LogP contribution in [0.4, 0.5) is 0 Å². The lowest BCUT2D eigenvalue weighted by atomic mass is 10.0. The summed E-state index contributed by atoms with van der Waals surface area (Å²) in [6, 6.07) is 1.42. The highest BCUT2D eigenvalue weighted by Crippen LogP contribution is 2.40. The van der Waals surface area contributed by atoms with E-state index in [4.69, 9.17) is 4.52 Å². The summed E-state index contributed by atoms with van der Waals surface area (Å²) in [5.41, 5.74) is 0.306. The van der Waals surface area contributed by atoms with E-state index in [2.05, 4.69) is 29.6 Å². The number of piperazine rings is 1. The fourth-order valence-electron chi connectivity index (χ4n) is 4.54. The Morgan fingerprint density at radius 1 is 1.27 bits per heavy atom. The summed E-state index contributed by atoms with van der Waals surface area (Å²) < 4.78 is 35.3. The van der Waals surface area contributed by atoms with Gasteiger partial charge in [0.25, 0.3) is 16.1 Å². The molecule has 3 fully saturated rings. The second kappa shape index (κ2) is 8.57. The third-order valence-corrected chi connectivity index (χ3v) is 8.67. The van der Waals surface area contributed by atoms with Crippen LogP contribution in [0.1, 0.15) is 68.6 Å². The molecule has 0 radical (unpaired) electrons. The van der Waals surface area contributed by atoms with Crippen molar-refractivity contribution >= 4 is 16.1 Å². The summed E-state index contributed by atoms with van der Waals surface area (Å²) in [6.45, 7) is 8.28. The fourth-order valence-corrected chi connectivity index (χ4v) is 6.67. The van der Waals surface area contributed by atoms with Gasteiger partial charge in [0.05, 0.1) is 0 Å². The molecule has 0 bridgehead atoms. The first-order chi connectivity index (χ1) is 14.3. The highest BCUT2D eigenvalue weighted by Gasteiger charge is 2.42. The predicted octanol–water partition coefficient (Wildman–Crippen LogP) is 1.31. The zero-order valence-corrected chi connectivity index (χ0v) is 18.8. The first-order valence-electron chi connectivity index (χ1n) is 11.0. The highest BCUT2D eigenvalue weighted by atomic mass is 32.2. The number of rotatable bonds is 6. The maximum atomic E-state index is 13.4. The van der Waals surface area contributed by atoms with Crippen molar-refractivity contribution in [2.24, 2.45) is 5.92 Å². The molecule has 10 heteroatoms. The maximum Gasteiger partial charge on any atom is 0.282 e. The van der Waals surface area contributed by atoms with Crippen molar-refractivity contribution in [1.29, 1.82) is 0 Å². The van der Waals surface area contributed by atoms with Crippen LogP contribution in [0.3, 0.4) is 0 Å². The molecule has 3 heterocycles. The van der Waals surface area contributed by atoms with Gasteiger partial charge in [-0.25, -0.2) is 0 Å². The molecule has 9 nitrogen and oxygen atoms in total. The van der Waals surface area contributed by atoms with Gasteiger partial charge in [0, 0.05) is 56.3 Å². The molecule has 0 aromatic carbocycles. The summed E-state index contributed by atoms with van der Waals surface area (Å²) in [5.74, 6) is 1.18. The fraction of sp³-hybridized carbons (Fsp3) is 0.800. The number of piperidine rings is 1. The summed E-state index contributed by atoms with van der Waals surface area (Å²) in [5, 5.41) is 10.2. The molecular weight excluding hydrogens is 406 g/mol. The van der Waals surface area contributed by atoms with Crippen molar-refractivity contribution in [2.45, 2.75) is 70.5 Å². The third-order valence-electron chi connectivity index (χ3n) is 6.49. The van der Waals surface area contributed by atoms with E-state index in [-0.39, 0.29) is 30.0 Å². The van der Waals surface area contributed by atoms with Crippen LogP contribution in [-0.4, -0.2) is 72.4 Å². The van der Waals surface area contributed by atoms with Crippen LogP contribution >= 0.6 is 0 Å². The molecule has 1 aromatic rings. The standard InChI is InChI=1S/C20H33N5O4S/c1-13(2)18-12-21-7-9-25(18)30(27,28)24-8-6-16(10-14(24)3)22-20(26)17-11-19(29-23-17)15-4-5-15/h11,13-16,18,21H,4-10,12H2,1-3H3,(H,22,26)/t14-,16-,18?/m0/s1. The van der Waals surface area contributed by atoms with E-state index in [1.165, 1.54) is 0 Å². The monoisotopic (exact) mass is 439 g/mol. The molecule has 1 unspecified atom stereocenters. The minimum Gasteiger partial charge on any atom is -0.360 e. The lowest BCUT2D eigenvalue weighted by Gasteiger charge is -2.44. The number of aromatic nitrogens is 1. The molecule has 1 amide bonds. The Morgan fingerprint density at radius 3 is 2.70 bits per heavy atom. The van der Waals surface area contributed by atoms with Gasteiger partial charge in [0.2, 0.25) is 0 Å². The molecule has 3 atom stereocenters. The Balaban J connectivity index is 1.37. The van der Waals surface area contributed by atoms with E-state index in [1.807, 2.05) is 6.92 Å². The molecule has 1 saturated carbocycles. The van der Waals surface area contributed by atoms with Gasteiger partial charge in [-0.1, -0.05) is 19.0 Å². The lowest BCUT2D eigenvalue weighted by molar-refractivity contribution is 0.0902. The largest absolute Gasteiger partial charge is 0.360 e. The van der Waals surface area contributed by atoms with Gasteiger partial charge < -0.3 is 15.2 Å². The number of nitrogens with zero attached hydrogens (tertiary/aromatic N) is 3. The topological polar surface area (TPSA) is 108 Å².